The van der Waals surface area contributed by atoms with Crippen molar-refractivity contribution in [2.24, 2.45) is 9.98 Å². The summed E-state index contributed by atoms with van der Waals surface area (Å²) in [4.78, 5) is 48.7. The van der Waals surface area contributed by atoms with Gasteiger partial charge in [-0.05, 0) is 37.8 Å². The quantitative estimate of drug-likeness (QED) is 0.523. The van der Waals surface area contributed by atoms with Gasteiger partial charge in [-0.15, -0.1) is 0 Å². The second kappa shape index (κ2) is 11.6. The Morgan fingerprint density at radius 2 is 1.91 bits per heavy atom. The highest BCUT2D eigenvalue weighted by atomic mass is 32.2. The Kier molecular flexibility index (Phi) is 8.37. The summed E-state index contributed by atoms with van der Waals surface area (Å²) < 4.78 is 0. The normalized spacial score (nSPS) is 19.7. The number of nitrogens with one attached hydrogen (secondary N) is 2. The molecular formula is C25H33N5O3S. The summed E-state index contributed by atoms with van der Waals surface area (Å²) in [6.45, 7) is 2.72. The van der Waals surface area contributed by atoms with Crippen LogP contribution < -0.4 is 10.6 Å². The van der Waals surface area contributed by atoms with Crippen LogP contribution in [0.25, 0.3) is 0 Å². The van der Waals surface area contributed by atoms with Gasteiger partial charge in [0, 0.05) is 24.6 Å². The van der Waals surface area contributed by atoms with Gasteiger partial charge in [0.15, 0.2) is 5.17 Å². The van der Waals surface area contributed by atoms with Crippen molar-refractivity contribution in [1.29, 1.82) is 0 Å². The molecule has 1 aliphatic carbocycles. The predicted molar refractivity (Wildman–Crippen MR) is 135 cm³/mol. The van der Waals surface area contributed by atoms with Gasteiger partial charge in [-0.3, -0.25) is 19.3 Å². The number of amides is 3. The van der Waals surface area contributed by atoms with Crippen LogP contribution in [0.2, 0.25) is 0 Å². The van der Waals surface area contributed by atoms with Gasteiger partial charge >= 0.3 is 0 Å². The summed E-state index contributed by atoms with van der Waals surface area (Å²) in [5.41, 5.74) is 1.53. The summed E-state index contributed by atoms with van der Waals surface area (Å²) in [6, 6.07) is 7.23. The van der Waals surface area contributed by atoms with Crippen molar-refractivity contribution in [1.82, 2.24) is 15.5 Å². The molecule has 0 radical (unpaired) electrons. The van der Waals surface area contributed by atoms with Crippen molar-refractivity contribution in [3.8, 4) is 0 Å². The number of amidine groups is 2. The molecule has 1 unspecified atom stereocenters. The van der Waals surface area contributed by atoms with Gasteiger partial charge < -0.3 is 10.6 Å². The van der Waals surface area contributed by atoms with E-state index in [2.05, 4.69) is 22.5 Å². The van der Waals surface area contributed by atoms with Crippen LogP contribution in [-0.4, -0.2) is 58.0 Å². The van der Waals surface area contributed by atoms with E-state index in [0.29, 0.717) is 24.0 Å². The lowest BCUT2D eigenvalue weighted by molar-refractivity contribution is -0.122. The number of unbranched alkanes of at least 4 members (excludes halogenated alkanes) is 1. The fourth-order valence-electron chi connectivity index (χ4n) is 4.58. The summed E-state index contributed by atoms with van der Waals surface area (Å²) in [5, 5.41) is 6.63. The van der Waals surface area contributed by atoms with Gasteiger partial charge in [0.05, 0.1) is 11.4 Å². The fraction of sp³-hybridized carbons (Fsp3) is 0.560. The van der Waals surface area contributed by atoms with Gasteiger partial charge in [0.1, 0.15) is 11.9 Å². The van der Waals surface area contributed by atoms with Crippen LogP contribution in [0.3, 0.4) is 0 Å². The molecule has 3 amide bonds. The van der Waals surface area contributed by atoms with E-state index in [0.717, 1.165) is 49.8 Å². The zero-order valence-electron chi connectivity index (χ0n) is 19.7. The summed E-state index contributed by atoms with van der Waals surface area (Å²) >= 11 is 1.32. The predicted octanol–water partition coefficient (Wildman–Crippen LogP) is 3.52. The largest absolute Gasteiger partial charge is 0.356 e. The molecule has 0 saturated heterocycles. The van der Waals surface area contributed by atoms with Crippen molar-refractivity contribution in [2.75, 3.05) is 12.3 Å². The number of para-hydroxylation sites is 1. The third kappa shape index (κ3) is 5.87. The standard InChI is InChI=1S/C25H33N5O3S/c1-2-3-15-26-21(31)14-13-20-24(33)29-23-18-11-7-8-12-19(18)28-25(30(20)23)34-16-22(32)27-17-9-5-4-6-10-17/h7-8,11-12,17,20H,2-6,9-10,13-16H2,1H3,(H,26,31)(H,27,32). The van der Waals surface area contributed by atoms with Gasteiger partial charge in [-0.2, -0.15) is 4.99 Å². The van der Waals surface area contributed by atoms with Gasteiger partial charge in [0.2, 0.25) is 11.8 Å². The van der Waals surface area contributed by atoms with Gasteiger partial charge in [-0.25, -0.2) is 4.99 Å². The number of hydrogen-bond donors (Lipinski definition) is 2. The van der Waals surface area contributed by atoms with E-state index >= 15 is 0 Å². The summed E-state index contributed by atoms with van der Waals surface area (Å²) in [6.07, 6.45) is 8.14. The third-order valence-corrected chi connectivity index (χ3v) is 7.36. The minimum atomic E-state index is -0.590. The minimum absolute atomic E-state index is 0.0191. The Balaban J connectivity index is 1.45. The second-order valence-electron chi connectivity index (χ2n) is 9.00. The number of carbonyl (C=O) groups is 3. The molecule has 8 nitrogen and oxygen atoms in total. The summed E-state index contributed by atoms with van der Waals surface area (Å²) in [5.74, 6) is 0.425. The number of fused-ring (bicyclic) bond motifs is 3. The SMILES string of the molecule is CCCCNC(=O)CCC1C(=O)N=C2c3ccccc3N=C(SCC(=O)NC3CCCCC3)N21. The number of hydrogen-bond acceptors (Lipinski definition) is 6. The first-order chi connectivity index (χ1) is 16.6. The van der Waals surface area contributed by atoms with Crippen molar-refractivity contribution >= 4 is 46.2 Å². The third-order valence-electron chi connectivity index (χ3n) is 6.41. The number of nitrogens with zero attached hydrogens (tertiary/aromatic N) is 3. The van der Waals surface area contributed by atoms with E-state index in [1.54, 1.807) is 0 Å². The molecule has 2 aliphatic heterocycles. The van der Waals surface area contributed by atoms with E-state index in [4.69, 9.17) is 4.99 Å². The molecule has 2 N–H and O–H groups in total. The van der Waals surface area contributed by atoms with Gasteiger partial charge in [0.25, 0.3) is 5.91 Å². The molecule has 0 spiro atoms. The zero-order valence-corrected chi connectivity index (χ0v) is 20.5. The van der Waals surface area contributed by atoms with Crippen LogP contribution in [0.1, 0.15) is 70.3 Å². The lowest BCUT2D eigenvalue weighted by Crippen LogP contribution is -2.45. The number of thioether (sulfide) groups is 1. The molecular weight excluding hydrogens is 450 g/mol. The number of rotatable bonds is 9. The van der Waals surface area contributed by atoms with Crippen molar-refractivity contribution in [3.63, 3.8) is 0 Å². The van der Waals surface area contributed by atoms with Crippen LogP contribution in [0.4, 0.5) is 5.69 Å². The first kappa shape index (κ1) is 24.4. The highest BCUT2D eigenvalue weighted by Gasteiger charge is 2.41. The Hall–Kier alpha value is -2.68. The monoisotopic (exact) mass is 483 g/mol. The molecule has 1 aromatic carbocycles. The van der Waals surface area contributed by atoms with E-state index in [9.17, 15) is 14.4 Å². The van der Waals surface area contributed by atoms with E-state index in [1.165, 1.54) is 18.2 Å². The topological polar surface area (TPSA) is 103 Å². The number of carbonyl (C=O) groups excluding carboxylic acids is 3. The highest BCUT2D eigenvalue weighted by molar-refractivity contribution is 8.14. The first-order valence-electron chi connectivity index (χ1n) is 12.4. The van der Waals surface area contributed by atoms with E-state index < -0.39 is 6.04 Å². The summed E-state index contributed by atoms with van der Waals surface area (Å²) in [7, 11) is 0. The van der Waals surface area contributed by atoms with Crippen molar-refractivity contribution in [2.45, 2.75) is 76.8 Å². The Bertz CT molecular complexity index is 987. The Morgan fingerprint density at radius 3 is 2.71 bits per heavy atom. The molecule has 2 heterocycles. The molecule has 9 heteroatoms. The smallest absolute Gasteiger partial charge is 0.270 e. The van der Waals surface area contributed by atoms with E-state index in [1.807, 2.05) is 29.2 Å². The van der Waals surface area contributed by atoms with Crippen molar-refractivity contribution < 1.29 is 14.4 Å². The first-order valence-corrected chi connectivity index (χ1v) is 13.3. The van der Waals surface area contributed by atoms with Crippen LogP contribution in [0.5, 0.6) is 0 Å². The average molecular weight is 484 g/mol. The van der Waals surface area contributed by atoms with Gasteiger partial charge in [-0.1, -0.05) is 56.5 Å². The number of aliphatic imine (C=N–C) groups is 2. The molecule has 182 valence electrons. The van der Waals surface area contributed by atoms with Crippen LogP contribution in [0.15, 0.2) is 34.3 Å². The molecule has 1 saturated carbocycles. The molecule has 4 rings (SSSR count). The molecule has 0 bridgehead atoms. The maximum absolute atomic E-state index is 12.9. The molecule has 1 fully saturated rings. The second-order valence-corrected chi connectivity index (χ2v) is 9.95. The lowest BCUT2D eigenvalue weighted by atomic mass is 9.95. The van der Waals surface area contributed by atoms with Crippen molar-refractivity contribution in [3.05, 3.63) is 29.8 Å². The lowest BCUT2D eigenvalue weighted by Gasteiger charge is -2.31. The van der Waals surface area contributed by atoms with E-state index in [-0.39, 0.29) is 35.9 Å². The minimum Gasteiger partial charge on any atom is -0.356 e. The molecule has 0 aromatic heterocycles. The molecule has 3 aliphatic rings. The number of benzene rings is 1. The fourth-order valence-corrected chi connectivity index (χ4v) is 5.44. The van der Waals surface area contributed by atoms with Crippen LogP contribution in [-0.2, 0) is 14.4 Å². The molecule has 34 heavy (non-hydrogen) atoms. The average Bonchev–Trinajstić information content (AvgIpc) is 3.18. The molecule has 1 aromatic rings. The highest BCUT2D eigenvalue weighted by Crippen LogP contribution is 2.35. The Labute approximate surface area is 205 Å². The maximum Gasteiger partial charge on any atom is 0.270 e. The maximum atomic E-state index is 12.9. The molecule has 1 atom stereocenters. The zero-order chi connectivity index (χ0) is 23.9. The van der Waals surface area contributed by atoms with Crippen LogP contribution in [0, 0.1) is 0 Å². The Morgan fingerprint density at radius 1 is 1.12 bits per heavy atom. The van der Waals surface area contributed by atoms with Crippen LogP contribution >= 0.6 is 11.8 Å².